The Bertz CT molecular complexity index is 523. The smallest absolute Gasteiger partial charge is 0.271 e. The molecule has 0 aliphatic carbocycles. The molecule has 1 aromatic carbocycles. The Morgan fingerprint density at radius 1 is 1.35 bits per heavy atom. The summed E-state index contributed by atoms with van der Waals surface area (Å²) >= 11 is 0. The third-order valence-electron chi connectivity index (χ3n) is 2.75. The highest BCUT2D eigenvalue weighted by Crippen LogP contribution is 2.16. The van der Waals surface area contributed by atoms with Gasteiger partial charge in [-0.25, -0.2) is 5.43 Å². The van der Waals surface area contributed by atoms with E-state index in [0.29, 0.717) is 24.4 Å². The van der Waals surface area contributed by atoms with Gasteiger partial charge in [0.15, 0.2) is 0 Å². The Labute approximate surface area is 117 Å². The second-order valence-corrected chi connectivity index (χ2v) is 4.42. The third kappa shape index (κ3) is 3.81. The number of carbonyl (C=O) groups is 2. The first-order chi connectivity index (χ1) is 9.69. The molecule has 0 atom stereocenters. The van der Waals surface area contributed by atoms with Crippen LogP contribution in [-0.4, -0.2) is 24.1 Å². The van der Waals surface area contributed by atoms with Crippen LogP contribution in [-0.2, 0) is 9.59 Å². The van der Waals surface area contributed by atoms with Crippen molar-refractivity contribution in [1.29, 1.82) is 0 Å². The third-order valence-corrected chi connectivity index (χ3v) is 2.75. The summed E-state index contributed by atoms with van der Waals surface area (Å²) in [7, 11) is 0. The lowest BCUT2D eigenvalue weighted by molar-refractivity contribution is -0.121. The van der Waals surface area contributed by atoms with Gasteiger partial charge in [-0.1, -0.05) is 6.92 Å². The molecule has 1 heterocycles. The molecular formula is C14H17N3O3. The zero-order valence-corrected chi connectivity index (χ0v) is 11.3. The summed E-state index contributed by atoms with van der Waals surface area (Å²) in [5.41, 5.74) is 3.29. The maximum absolute atomic E-state index is 11.9. The second kappa shape index (κ2) is 6.70. The molecule has 2 amide bonds. The second-order valence-electron chi connectivity index (χ2n) is 4.42. The van der Waals surface area contributed by atoms with Crippen molar-refractivity contribution in [1.82, 2.24) is 5.43 Å². The van der Waals surface area contributed by atoms with Crippen LogP contribution in [0.5, 0.6) is 5.75 Å². The van der Waals surface area contributed by atoms with Crippen molar-refractivity contribution in [2.45, 2.75) is 26.2 Å². The first-order valence-corrected chi connectivity index (χ1v) is 6.58. The highest BCUT2D eigenvalue weighted by atomic mass is 16.5. The molecule has 6 nitrogen and oxygen atoms in total. The van der Waals surface area contributed by atoms with Crippen LogP contribution in [0.4, 0.5) is 5.69 Å². The van der Waals surface area contributed by atoms with E-state index in [1.165, 1.54) is 0 Å². The first-order valence-electron chi connectivity index (χ1n) is 6.58. The lowest BCUT2D eigenvalue weighted by Crippen LogP contribution is -2.32. The van der Waals surface area contributed by atoms with Gasteiger partial charge in [0.25, 0.3) is 5.91 Å². The maximum atomic E-state index is 11.9. The normalized spacial score (nSPS) is 14.2. The lowest BCUT2D eigenvalue weighted by atomic mass is 10.1. The van der Waals surface area contributed by atoms with Gasteiger partial charge in [0, 0.05) is 18.5 Å². The number of rotatable bonds is 5. The van der Waals surface area contributed by atoms with Gasteiger partial charge in [-0.05, 0) is 30.7 Å². The van der Waals surface area contributed by atoms with Gasteiger partial charge in [-0.2, -0.15) is 5.10 Å². The van der Waals surface area contributed by atoms with Crippen LogP contribution >= 0.6 is 0 Å². The number of ether oxygens (including phenoxy) is 1. The number of hydrogen-bond acceptors (Lipinski definition) is 4. The molecule has 1 aromatic rings. The predicted molar refractivity (Wildman–Crippen MR) is 75.7 cm³/mol. The predicted octanol–water partition coefficient (Wildman–Crippen LogP) is 1.68. The topological polar surface area (TPSA) is 79.8 Å². The molecule has 0 saturated carbocycles. The minimum Gasteiger partial charge on any atom is -0.494 e. The summed E-state index contributed by atoms with van der Waals surface area (Å²) in [5, 5.41) is 6.48. The molecule has 1 aliphatic heterocycles. The quantitative estimate of drug-likeness (QED) is 0.858. The lowest BCUT2D eigenvalue weighted by Gasteiger charge is -2.12. The number of nitrogens with zero attached hydrogens (tertiary/aromatic N) is 1. The zero-order valence-electron chi connectivity index (χ0n) is 11.3. The average molecular weight is 275 g/mol. The molecule has 0 fully saturated rings. The van der Waals surface area contributed by atoms with E-state index in [0.717, 1.165) is 12.2 Å². The van der Waals surface area contributed by atoms with E-state index in [9.17, 15) is 9.59 Å². The summed E-state index contributed by atoms with van der Waals surface area (Å²) < 4.78 is 5.46. The van der Waals surface area contributed by atoms with Crippen LogP contribution in [0.2, 0.25) is 0 Å². The van der Waals surface area contributed by atoms with E-state index < -0.39 is 0 Å². The number of hydrogen-bond donors (Lipinski definition) is 2. The number of carbonyl (C=O) groups excluding carboxylic acids is 2. The fraction of sp³-hybridized carbons (Fsp3) is 0.357. The number of amides is 2. The van der Waals surface area contributed by atoms with Crippen molar-refractivity contribution in [3.8, 4) is 5.75 Å². The summed E-state index contributed by atoms with van der Waals surface area (Å²) in [4.78, 5) is 22.9. The molecule has 0 spiro atoms. The van der Waals surface area contributed by atoms with Crippen LogP contribution in [0.15, 0.2) is 29.4 Å². The molecule has 0 bridgehead atoms. The van der Waals surface area contributed by atoms with Crippen molar-refractivity contribution in [3.63, 3.8) is 0 Å². The van der Waals surface area contributed by atoms with Crippen molar-refractivity contribution in [2.75, 3.05) is 11.9 Å². The molecule has 106 valence electrons. The Kier molecular flexibility index (Phi) is 4.70. The molecule has 20 heavy (non-hydrogen) atoms. The number of nitrogens with one attached hydrogen (secondary N) is 2. The largest absolute Gasteiger partial charge is 0.494 e. The fourth-order valence-corrected chi connectivity index (χ4v) is 1.70. The fourth-order valence-electron chi connectivity index (χ4n) is 1.70. The van der Waals surface area contributed by atoms with E-state index in [1.54, 1.807) is 24.3 Å². The summed E-state index contributed by atoms with van der Waals surface area (Å²) in [6, 6.07) is 7.14. The van der Waals surface area contributed by atoms with Crippen molar-refractivity contribution < 1.29 is 14.3 Å². The van der Waals surface area contributed by atoms with Gasteiger partial charge < -0.3 is 10.1 Å². The van der Waals surface area contributed by atoms with Crippen LogP contribution in [0, 0.1) is 0 Å². The molecular weight excluding hydrogens is 258 g/mol. The standard InChI is InChI=1S/C14H17N3O3/c1-2-9-20-11-5-3-10(4-6-11)15-14(19)12-7-8-13(18)17-16-12/h3-6H,2,7-9H2,1H3,(H,15,19)(H,17,18). The minimum atomic E-state index is -0.299. The molecule has 0 unspecified atom stereocenters. The van der Waals surface area contributed by atoms with Crippen molar-refractivity contribution in [2.24, 2.45) is 5.10 Å². The van der Waals surface area contributed by atoms with Gasteiger partial charge in [-0.15, -0.1) is 0 Å². The molecule has 0 aromatic heterocycles. The van der Waals surface area contributed by atoms with Crippen LogP contribution in [0.3, 0.4) is 0 Å². The average Bonchev–Trinajstić information content (AvgIpc) is 2.47. The molecule has 0 radical (unpaired) electrons. The van der Waals surface area contributed by atoms with E-state index in [-0.39, 0.29) is 18.2 Å². The SMILES string of the molecule is CCCOc1ccc(NC(=O)C2=NNC(=O)CC2)cc1. The van der Waals surface area contributed by atoms with E-state index in [4.69, 9.17) is 4.74 Å². The highest BCUT2D eigenvalue weighted by molar-refractivity contribution is 6.43. The van der Waals surface area contributed by atoms with Crippen molar-refractivity contribution >= 4 is 23.2 Å². The van der Waals surface area contributed by atoms with E-state index in [2.05, 4.69) is 15.8 Å². The summed E-state index contributed by atoms with van der Waals surface area (Å²) in [5.74, 6) is 0.304. The van der Waals surface area contributed by atoms with Gasteiger partial charge in [0.05, 0.1) is 6.61 Å². The van der Waals surface area contributed by atoms with E-state index in [1.807, 2.05) is 6.92 Å². The number of hydrazone groups is 1. The van der Waals surface area contributed by atoms with Crippen LogP contribution in [0.1, 0.15) is 26.2 Å². The Hall–Kier alpha value is -2.37. The van der Waals surface area contributed by atoms with Crippen LogP contribution < -0.4 is 15.5 Å². The Morgan fingerprint density at radius 2 is 2.10 bits per heavy atom. The minimum absolute atomic E-state index is 0.168. The van der Waals surface area contributed by atoms with Crippen LogP contribution in [0.25, 0.3) is 0 Å². The molecule has 2 rings (SSSR count). The molecule has 6 heteroatoms. The summed E-state index contributed by atoms with van der Waals surface area (Å²) in [6.07, 6.45) is 1.59. The molecule has 0 saturated heterocycles. The zero-order chi connectivity index (χ0) is 14.4. The number of anilines is 1. The number of benzene rings is 1. The molecule has 2 N–H and O–H groups in total. The monoisotopic (exact) mass is 275 g/mol. The molecule has 1 aliphatic rings. The van der Waals surface area contributed by atoms with Gasteiger partial charge in [0.1, 0.15) is 11.5 Å². The van der Waals surface area contributed by atoms with E-state index >= 15 is 0 Å². The van der Waals surface area contributed by atoms with Crippen molar-refractivity contribution in [3.05, 3.63) is 24.3 Å². The maximum Gasteiger partial charge on any atom is 0.271 e. The van der Waals surface area contributed by atoms with Gasteiger partial charge in [0.2, 0.25) is 5.91 Å². The van der Waals surface area contributed by atoms with Gasteiger partial charge in [-0.3, -0.25) is 9.59 Å². The Balaban J connectivity index is 1.92. The summed E-state index contributed by atoms with van der Waals surface area (Å²) in [6.45, 7) is 2.71. The van der Waals surface area contributed by atoms with Gasteiger partial charge >= 0.3 is 0 Å². The highest BCUT2D eigenvalue weighted by Gasteiger charge is 2.18. The Morgan fingerprint density at radius 3 is 2.70 bits per heavy atom. The first kappa shape index (κ1) is 14.0.